The van der Waals surface area contributed by atoms with Crippen molar-refractivity contribution in [1.29, 1.82) is 0 Å². The molecule has 20 heavy (non-hydrogen) atoms. The molecule has 104 valence electrons. The first-order valence-electron chi connectivity index (χ1n) is 6.89. The van der Waals surface area contributed by atoms with Crippen molar-refractivity contribution < 1.29 is 0 Å². The van der Waals surface area contributed by atoms with Gasteiger partial charge in [-0.2, -0.15) is 0 Å². The molecule has 0 amide bonds. The average molecular weight is 285 g/mol. The Labute approximate surface area is 124 Å². The number of nitrogens with one attached hydrogen (secondary N) is 2. The molecule has 2 heterocycles. The predicted molar refractivity (Wildman–Crippen MR) is 88.2 cm³/mol. The normalized spacial score (nSPS) is 21.2. The summed E-state index contributed by atoms with van der Waals surface area (Å²) in [4.78, 5) is 4.33. The molecule has 0 aliphatic carbocycles. The third kappa shape index (κ3) is 2.90. The monoisotopic (exact) mass is 285 g/mol. The van der Waals surface area contributed by atoms with E-state index in [9.17, 15) is 0 Å². The first kappa shape index (κ1) is 13.3. The van der Waals surface area contributed by atoms with Crippen molar-refractivity contribution in [3.05, 3.63) is 52.1 Å². The quantitative estimate of drug-likeness (QED) is 0.891. The van der Waals surface area contributed by atoms with Crippen molar-refractivity contribution in [2.45, 2.75) is 25.8 Å². The highest BCUT2D eigenvalue weighted by Crippen LogP contribution is 2.28. The van der Waals surface area contributed by atoms with Crippen LogP contribution in [0, 0.1) is 13.8 Å². The minimum absolute atomic E-state index is 0.182. The van der Waals surface area contributed by atoms with Gasteiger partial charge in [0.1, 0.15) is 5.50 Å². The Hall–Kier alpha value is -1.68. The number of nitrogens with zero attached hydrogens (tertiary/aromatic N) is 1. The maximum atomic E-state index is 4.33. The summed E-state index contributed by atoms with van der Waals surface area (Å²) in [5.74, 6) is 0. The SMILES string of the molecule is Cc1ccc(C)c(NC2NC(C3=CCCN=C3)=CS2)c1. The molecule has 2 N–H and O–H groups in total. The molecule has 0 fully saturated rings. The Balaban J connectivity index is 1.66. The number of hydrogen-bond acceptors (Lipinski definition) is 4. The van der Waals surface area contributed by atoms with Gasteiger partial charge in [0.25, 0.3) is 0 Å². The van der Waals surface area contributed by atoms with Crippen LogP contribution in [0.3, 0.4) is 0 Å². The summed E-state index contributed by atoms with van der Waals surface area (Å²) in [5.41, 5.74) is 6.29. The predicted octanol–water partition coefficient (Wildman–Crippen LogP) is 3.58. The Bertz CT molecular complexity index is 602. The lowest BCUT2D eigenvalue weighted by Gasteiger charge is -2.18. The second-order valence-electron chi connectivity index (χ2n) is 5.14. The number of rotatable bonds is 3. The Morgan fingerprint density at radius 1 is 1.35 bits per heavy atom. The standard InChI is InChI=1S/C16H19N3S/c1-11-5-6-12(2)14(8-11)18-16-19-15(10-20-16)13-4-3-7-17-9-13/h4-6,8-10,16,18-19H,3,7H2,1-2H3. The van der Waals surface area contributed by atoms with Crippen molar-refractivity contribution in [2.75, 3.05) is 11.9 Å². The van der Waals surface area contributed by atoms with Gasteiger partial charge in [0.15, 0.2) is 0 Å². The van der Waals surface area contributed by atoms with E-state index in [1.54, 1.807) is 11.8 Å². The molecule has 2 aliphatic heterocycles. The number of allylic oxidation sites excluding steroid dienone is 1. The van der Waals surface area contributed by atoms with E-state index in [1.807, 2.05) is 6.21 Å². The molecule has 1 unspecified atom stereocenters. The molecular formula is C16H19N3S. The van der Waals surface area contributed by atoms with Gasteiger partial charge in [-0.25, -0.2) is 0 Å². The summed E-state index contributed by atoms with van der Waals surface area (Å²) < 4.78 is 0. The van der Waals surface area contributed by atoms with E-state index in [-0.39, 0.29) is 5.50 Å². The van der Waals surface area contributed by atoms with Gasteiger partial charge in [0.05, 0.1) is 5.70 Å². The van der Waals surface area contributed by atoms with Crippen molar-refractivity contribution >= 4 is 23.7 Å². The summed E-state index contributed by atoms with van der Waals surface area (Å²) in [5, 5.41) is 9.23. The van der Waals surface area contributed by atoms with E-state index in [0.717, 1.165) is 13.0 Å². The number of benzene rings is 1. The molecule has 3 rings (SSSR count). The smallest absolute Gasteiger partial charge is 0.149 e. The zero-order chi connectivity index (χ0) is 13.9. The molecule has 2 aliphatic rings. The minimum atomic E-state index is 0.182. The Morgan fingerprint density at radius 2 is 2.25 bits per heavy atom. The first-order chi connectivity index (χ1) is 9.72. The van der Waals surface area contributed by atoms with Gasteiger partial charge < -0.3 is 10.6 Å². The highest BCUT2D eigenvalue weighted by atomic mass is 32.2. The van der Waals surface area contributed by atoms with Gasteiger partial charge in [0.2, 0.25) is 0 Å². The average Bonchev–Trinajstić information content (AvgIpc) is 2.92. The van der Waals surface area contributed by atoms with E-state index < -0.39 is 0 Å². The maximum absolute atomic E-state index is 4.33. The van der Waals surface area contributed by atoms with Gasteiger partial charge in [-0.05, 0) is 42.9 Å². The third-order valence-corrected chi connectivity index (χ3v) is 4.33. The molecule has 0 saturated carbocycles. The molecule has 4 heteroatoms. The molecule has 0 spiro atoms. The van der Waals surface area contributed by atoms with Gasteiger partial charge in [0, 0.05) is 24.0 Å². The van der Waals surface area contributed by atoms with E-state index in [4.69, 9.17) is 0 Å². The second-order valence-corrected chi connectivity index (χ2v) is 6.12. The van der Waals surface area contributed by atoms with Crippen LogP contribution in [0.1, 0.15) is 17.5 Å². The Kier molecular flexibility index (Phi) is 3.83. The van der Waals surface area contributed by atoms with Crippen molar-refractivity contribution in [3.8, 4) is 0 Å². The molecule has 0 aromatic heterocycles. The fourth-order valence-corrected chi connectivity index (χ4v) is 3.16. The van der Waals surface area contributed by atoms with Crippen LogP contribution < -0.4 is 10.6 Å². The number of aliphatic imine (C=N–C) groups is 1. The van der Waals surface area contributed by atoms with Crippen LogP contribution in [0.2, 0.25) is 0 Å². The summed E-state index contributed by atoms with van der Waals surface area (Å²) >= 11 is 1.77. The van der Waals surface area contributed by atoms with Crippen LogP contribution in [0.5, 0.6) is 0 Å². The molecule has 1 aromatic carbocycles. The van der Waals surface area contributed by atoms with Crippen molar-refractivity contribution in [1.82, 2.24) is 5.32 Å². The lowest BCUT2D eigenvalue weighted by molar-refractivity contribution is 0.842. The second kappa shape index (κ2) is 5.75. The molecule has 1 atom stereocenters. The largest absolute Gasteiger partial charge is 0.356 e. The van der Waals surface area contributed by atoms with Crippen LogP contribution in [0.25, 0.3) is 0 Å². The lowest BCUT2D eigenvalue weighted by Crippen LogP contribution is -2.29. The van der Waals surface area contributed by atoms with Gasteiger partial charge in [-0.3, -0.25) is 4.99 Å². The summed E-state index contributed by atoms with van der Waals surface area (Å²) in [6.07, 6.45) is 5.24. The number of hydrogen-bond donors (Lipinski definition) is 2. The van der Waals surface area contributed by atoms with E-state index >= 15 is 0 Å². The summed E-state index contributed by atoms with van der Waals surface area (Å²) in [7, 11) is 0. The zero-order valence-electron chi connectivity index (χ0n) is 11.8. The maximum Gasteiger partial charge on any atom is 0.149 e. The van der Waals surface area contributed by atoms with Gasteiger partial charge in [-0.15, -0.1) is 0 Å². The van der Waals surface area contributed by atoms with E-state index in [0.29, 0.717) is 0 Å². The van der Waals surface area contributed by atoms with Crippen molar-refractivity contribution in [3.63, 3.8) is 0 Å². The topological polar surface area (TPSA) is 36.4 Å². The number of aryl methyl sites for hydroxylation is 2. The molecule has 1 aromatic rings. The third-order valence-electron chi connectivity index (χ3n) is 3.45. The summed E-state index contributed by atoms with van der Waals surface area (Å²) in [6, 6.07) is 6.49. The molecule has 0 radical (unpaired) electrons. The van der Waals surface area contributed by atoms with Gasteiger partial charge in [-0.1, -0.05) is 30.0 Å². The number of dihydropyridines is 1. The lowest BCUT2D eigenvalue weighted by atomic mass is 10.1. The van der Waals surface area contributed by atoms with Gasteiger partial charge >= 0.3 is 0 Å². The van der Waals surface area contributed by atoms with Crippen LogP contribution in [-0.4, -0.2) is 18.3 Å². The zero-order valence-corrected chi connectivity index (χ0v) is 12.6. The number of thioether (sulfide) groups is 1. The first-order valence-corrected chi connectivity index (χ1v) is 7.83. The van der Waals surface area contributed by atoms with Crippen LogP contribution in [-0.2, 0) is 0 Å². The Morgan fingerprint density at radius 3 is 3.05 bits per heavy atom. The number of anilines is 1. The van der Waals surface area contributed by atoms with E-state index in [2.05, 4.69) is 59.2 Å². The fraction of sp³-hybridized carbons (Fsp3) is 0.312. The molecule has 3 nitrogen and oxygen atoms in total. The van der Waals surface area contributed by atoms with Crippen molar-refractivity contribution in [2.24, 2.45) is 4.99 Å². The minimum Gasteiger partial charge on any atom is -0.356 e. The molecule has 0 saturated heterocycles. The van der Waals surface area contributed by atoms with Crippen LogP contribution in [0.4, 0.5) is 5.69 Å². The fourth-order valence-electron chi connectivity index (χ4n) is 2.29. The van der Waals surface area contributed by atoms with Crippen LogP contribution >= 0.6 is 11.8 Å². The molecular weight excluding hydrogens is 266 g/mol. The highest BCUT2D eigenvalue weighted by Gasteiger charge is 2.19. The van der Waals surface area contributed by atoms with Crippen LogP contribution in [0.15, 0.2) is 45.9 Å². The summed E-state index contributed by atoms with van der Waals surface area (Å²) in [6.45, 7) is 5.16. The molecule has 0 bridgehead atoms. The van der Waals surface area contributed by atoms with E-state index in [1.165, 1.54) is 28.1 Å². The highest BCUT2D eigenvalue weighted by molar-refractivity contribution is 8.03.